The predicted molar refractivity (Wildman–Crippen MR) is 49.5 cm³/mol. The lowest BCUT2D eigenvalue weighted by Crippen LogP contribution is -2.18. The zero-order valence-electron chi connectivity index (χ0n) is 9.22. The highest BCUT2D eigenvalue weighted by molar-refractivity contribution is 5.90. The van der Waals surface area contributed by atoms with Crippen LogP contribution in [0, 0.1) is 0 Å². The van der Waals surface area contributed by atoms with Crippen LogP contribution in [-0.4, -0.2) is 19.4 Å². The standard InChI is InChI=1S/C10H6F6O3/c1-18-8(17)5-2-6(9(11,12)13)4-7(3-5)19-10(14,15)16/h2-4H,1H3. The normalized spacial score (nSPS) is 12.2. The van der Waals surface area contributed by atoms with E-state index in [1.165, 1.54) is 0 Å². The van der Waals surface area contributed by atoms with E-state index < -0.39 is 35.4 Å². The number of carbonyl (C=O) groups is 1. The number of ether oxygens (including phenoxy) is 2. The molecule has 1 rings (SSSR count). The molecule has 106 valence electrons. The van der Waals surface area contributed by atoms with Crippen LogP contribution in [0.1, 0.15) is 15.9 Å². The first kappa shape index (κ1) is 15.1. The number of rotatable bonds is 2. The molecule has 1 aromatic rings. The maximum atomic E-state index is 12.5. The molecule has 0 aliphatic rings. The Kier molecular flexibility index (Phi) is 3.97. The summed E-state index contributed by atoms with van der Waals surface area (Å²) in [6.45, 7) is 0. The third-order valence-corrected chi connectivity index (χ3v) is 1.89. The molecule has 0 atom stereocenters. The summed E-state index contributed by atoms with van der Waals surface area (Å²) in [5, 5.41) is 0. The van der Waals surface area contributed by atoms with Gasteiger partial charge in [-0.25, -0.2) is 4.79 Å². The van der Waals surface area contributed by atoms with Gasteiger partial charge in [-0.05, 0) is 18.2 Å². The van der Waals surface area contributed by atoms with Crippen molar-refractivity contribution in [2.24, 2.45) is 0 Å². The highest BCUT2D eigenvalue weighted by Gasteiger charge is 2.35. The molecule has 0 aromatic heterocycles. The summed E-state index contributed by atoms with van der Waals surface area (Å²) in [6.07, 6.45) is -10.1. The Morgan fingerprint density at radius 2 is 1.63 bits per heavy atom. The third-order valence-electron chi connectivity index (χ3n) is 1.89. The molecule has 0 saturated carbocycles. The van der Waals surface area contributed by atoms with Gasteiger partial charge in [0, 0.05) is 0 Å². The Balaban J connectivity index is 3.28. The van der Waals surface area contributed by atoms with Crippen molar-refractivity contribution >= 4 is 5.97 Å². The van der Waals surface area contributed by atoms with Gasteiger partial charge in [-0.3, -0.25) is 0 Å². The summed E-state index contributed by atoms with van der Waals surface area (Å²) in [4.78, 5) is 11.1. The molecule has 0 aliphatic carbocycles. The van der Waals surface area contributed by atoms with E-state index in [0.717, 1.165) is 7.11 Å². The largest absolute Gasteiger partial charge is 0.573 e. The van der Waals surface area contributed by atoms with Crippen molar-refractivity contribution in [2.75, 3.05) is 7.11 Å². The van der Waals surface area contributed by atoms with E-state index in [1.54, 1.807) is 0 Å². The monoisotopic (exact) mass is 288 g/mol. The Labute approximate surface area is 102 Å². The molecule has 0 saturated heterocycles. The van der Waals surface area contributed by atoms with Gasteiger partial charge in [-0.2, -0.15) is 13.2 Å². The van der Waals surface area contributed by atoms with Crippen molar-refractivity contribution < 1.29 is 40.6 Å². The molecule has 0 fully saturated rings. The number of hydrogen-bond acceptors (Lipinski definition) is 3. The minimum absolute atomic E-state index is 0.139. The highest BCUT2D eigenvalue weighted by Crippen LogP contribution is 2.34. The average Bonchev–Trinajstić information content (AvgIpc) is 2.24. The molecule has 0 spiro atoms. The summed E-state index contributed by atoms with van der Waals surface area (Å²) in [7, 11) is 0.882. The van der Waals surface area contributed by atoms with Gasteiger partial charge in [0.15, 0.2) is 0 Å². The number of carbonyl (C=O) groups excluding carboxylic acids is 1. The minimum atomic E-state index is -5.17. The smallest absolute Gasteiger partial charge is 0.465 e. The zero-order chi connectivity index (χ0) is 14.8. The second-order valence-corrected chi connectivity index (χ2v) is 3.28. The van der Waals surface area contributed by atoms with Gasteiger partial charge in [0.05, 0.1) is 18.2 Å². The molecule has 0 amide bonds. The van der Waals surface area contributed by atoms with E-state index in [1.807, 2.05) is 0 Å². The summed E-state index contributed by atoms with van der Waals surface area (Å²) in [6, 6.07) is 1.02. The van der Waals surface area contributed by atoms with Gasteiger partial charge < -0.3 is 9.47 Å². The van der Waals surface area contributed by atoms with E-state index in [0.29, 0.717) is 12.1 Å². The lowest BCUT2D eigenvalue weighted by molar-refractivity contribution is -0.274. The lowest BCUT2D eigenvalue weighted by Gasteiger charge is -2.13. The Morgan fingerprint density at radius 3 is 2.05 bits per heavy atom. The first-order valence-electron chi connectivity index (χ1n) is 4.59. The predicted octanol–water partition coefficient (Wildman–Crippen LogP) is 3.39. The van der Waals surface area contributed by atoms with Gasteiger partial charge in [0.25, 0.3) is 0 Å². The molecule has 19 heavy (non-hydrogen) atoms. The van der Waals surface area contributed by atoms with E-state index in [2.05, 4.69) is 9.47 Å². The molecule has 3 nitrogen and oxygen atoms in total. The number of methoxy groups -OCH3 is 1. The Hall–Kier alpha value is -1.93. The maximum absolute atomic E-state index is 12.5. The second kappa shape index (κ2) is 4.98. The maximum Gasteiger partial charge on any atom is 0.573 e. The van der Waals surface area contributed by atoms with Gasteiger partial charge in [0.2, 0.25) is 0 Å². The molecule has 0 aliphatic heterocycles. The Bertz CT molecular complexity index is 477. The molecule has 1 aromatic carbocycles. The quantitative estimate of drug-likeness (QED) is 0.618. The summed E-state index contributed by atoms with van der Waals surface area (Å²) >= 11 is 0. The summed E-state index contributed by atoms with van der Waals surface area (Å²) in [5.41, 5.74) is -2.15. The molecule has 0 radical (unpaired) electrons. The number of hydrogen-bond donors (Lipinski definition) is 0. The minimum Gasteiger partial charge on any atom is -0.465 e. The van der Waals surface area contributed by atoms with Gasteiger partial charge >= 0.3 is 18.5 Å². The van der Waals surface area contributed by atoms with Crippen LogP contribution in [0.25, 0.3) is 0 Å². The average molecular weight is 288 g/mol. The van der Waals surface area contributed by atoms with Gasteiger partial charge in [-0.15, -0.1) is 13.2 Å². The highest BCUT2D eigenvalue weighted by atomic mass is 19.4. The van der Waals surface area contributed by atoms with Crippen LogP contribution in [0.2, 0.25) is 0 Å². The molecule has 0 unspecified atom stereocenters. The van der Waals surface area contributed by atoms with E-state index in [9.17, 15) is 31.1 Å². The first-order valence-corrected chi connectivity index (χ1v) is 4.59. The molecule has 0 bridgehead atoms. The van der Waals surface area contributed by atoms with Crippen LogP contribution >= 0.6 is 0 Å². The van der Waals surface area contributed by atoms with Crippen molar-refractivity contribution in [3.8, 4) is 5.75 Å². The summed E-state index contributed by atoms with van der Waals surface area (Å²) in [5.74, 6) is -2.36. The molecule has 0 N–H and O–H groups in total. The number of halogens is 6. The molecular formula is C10H6F6O3. The van der Waals surface area contributed by atoms with E-state index in [4.69, 9.17) is 0 Å². The number of alkyl halides is 6. The van der Waals surface area contributed by atoms with Crippen LogP contribution in [-0.2, 0) is 10.9 Å². The Morgan fingerprint density at radius 1 is 1.05 bits per heavy atom. The fraction of sp³-hybridized carbons (Fsp3) is 0.300. The van der Waals surface area contributed by atoms with Gasteiger partial charge in [0.1, 0.15) is 5.75 Å². The van der Waals surface area contributed by atoms with Crippen molar-refractivity contribution in [1.82, 2.24) is 0 Å². The van der Waals surface area contributed by atoms with Crippen LogP contribution in [0.4, 0.5) is 26.3 Å². The third kappa shape index (κ3) is 4.34. The molecule has 0 heterocycles. The van der Waals surface area contributed by atoms with E-state index >= 15 is 0 Å². The number of benzene rings is 1. The van der Waals surface area contributed by atoms with Crippen molar-refractivity contribution in [3.63, 3.8) is 0 Å². The molecular weight excluding hydrogens is 282 g/mol. The van der Waals surface area contributed by atoms with Crippen molar-refractivity contribution in [1.29, 1.82) is 0 Å². The van der Waals surface area contributed by atoms with Crippen molar-refractivity contribution in [2.45, 2.75) is 12.5 Å². The van der Waals surface area contributed by atoms with Crippen LogP contribution < -0.4 is 4.74 Å². The topological polar surface area (TPSA) is 35.5 Å². The van der Waals surface area contributed by atoms with Crippen LogP contribution in [0.3, 0.4) is 0 Å². The van der Waals surface area contributed by atoms with Crippen LogP contribution in [0.15, 0.2) is 18.2 Å². The van der Waals surface area contributed by atoms with Gasteiger partial charge in [-0.1, -0.05) is 0 Å². The number of esters is 1. The lowest BCUT2D eigenvalue weighted by atomic mass is 10.1. The fourth-order valence-corrected chi connectivity index (χ4v) is 1.19. The van der Waals surface area contributed by atoms with Crippen molar-refractivity contribution in [3.05, 3.63) is 29.3 Å². The zero-order valence-corrected chi connectivity index (χ0v) is 9.22. The van der Waals surface area contributed by atoms with Crippen LogP contribution in [0.5, 0.6) is 5.75 Å². The fourth-order valence-electron chi connectivity index (χ4n) is 1.19. The second-order valence-electron chi connectivity index (χ2n) is 3.28. The summed E-state index contributed by atoms with van der Waals surface area (Å²) < 4.78 is 80.8. The first-order chi connectivity index (χ1) is 8.53. The molecule has 9 heteroatoms. The van der Waals surface area contributed by atoms with E-state index in [-0.39, 0.29) is 6.07 Å². The SMILES string of the molecule is COC(=O)c1cc(OC(F)(F)F)cc(C(F)(F)F)c1.